The first kappa shape index (κ1) is 31.5. The highest BCUT2D eigenvalue weighted by molar-refractivity contribution is 7.92. The number of rotatable bonds is 11. The van der Waals surface area contributed by atoms with E-state index in [-0.39, 0.29) is 23.3 Å². The van der Waals surface area contributed by atoms with Crippen molar-refractivity contribution in [1.82, 2.24) is 10.2 Å². The Kier molecular flexibility index (Phi) is 10.6. The number of carbonyl (C=O) groups is 2. The van der Waals surface area contributed by atoms with E-state index in [1.807, 2.05) is 27.7 Å². The molecule has 214 valence electrons. The summed E-state index contributed by atoms with van der Waals surface area (Å²) in [5.41, 5.74) is 2.63. The highest BCUT2D eigenvalue weighted by Gasteiger charge is 2.33. The van der Waals surface area contributed by atoms with Crippen molar-refractivity contribution in [2.45, 2.75) is 52.1 Å². The maximum absolute atomic E-state index is 14.0. The second kappa shape index (κ2) is 13.5. The second-order valence-electron chi connectivity index (χ2n) is 10.2. The zero-order valence-electron chi connectivity index (χ0n) is 23.3. The average molecular weight is 605 g/mol. The number of amides is 2. The van der Waals surface area contributed by atoms with Gasteiger partial charge in [-0.3, -0.25) is 13.9 Å². The third-order valence-corrected chi connectivity index (χ3v) is 8.95. The van der Waals surface area contributed by atoms with Crippen LogP contribution in [-0.4, -0.2) is 44.3 Å². The fraction of sp³-hybridized carbons (Fsp3) is 0.333. The van der Waals surface area contributed by atoms with E-state index >= 15 is 0 Å². The molecule has 0 radical (unpaired) electrons. The van der Waals surface area contributed by atoms with Crippen molar-refractivity contribution >= 4 is 50.7 Å². The molecule has 0 saturated heterocycles. The van der Waals surface area contributed by atoms with Crippen molar-refractivity contribution in [1.29, 1.82) is 0 Å². The molecular formula is C30H35Cl2N3O4S. The van der Waals surface area contributed by atoms with Gasteiger partial charge in [0.05, 0.1) is 10.6 Å². The van der Waals surface area contributed by atoms with Crippen LogP contribution < -0.4 is 9.62 Å². The van der Waals surface area contributed by atoms with E-state index in [2.05, 4.69) is 5.32 Å². The molecule has 0 aliphatic heterocycles. The van der Waals surface area contributed by atoms with Crippen molar-refractivity contribution in [3.8, 4) is 0 Å². The lowest BCUT2D eigenvalue weighted by atomic mass is 10.1. The molecule has 0 heterocycles. The van der Waals surface area contributed by atoms with Crippen LogP contribution in [0.2, 0.25) is 10.0 Å². The normalized spacial score (nSPS) is 12.2. The van der Waals surface area contributed by atoms with E-state index in [1.54, 1.807) is 61.5 Å². The molecular weight excluding hydrogens is 569 g/mol. The Hall–Kier alpha value is -3.07. The maximum Gasteiger partial charge on any atom is 0.264 e. The van der Waals surface area contributed by atoms with E-state index in [4.69, 9.17) is 23.2 Å². The summed E-state index contributed by atoms with van der Waals surface area (Å²) in [6.45, 7) is 9.09. The number of anilines is 1. The van der Waals surface area contributed by atoms with Gasteiger partial charge in [0.1, 0.15) is 12.6 Å². The van der Waals surface area contributed by atoms with Gasteiger partial charge >= 0.3 is 0 Å². The van der Waals surface area contributed by atoms with E-state index in [9.17, 15) is 18.0 Å². The summed E-state index contributed by atoms with van der Waals surface area (Å²) in [4.78, 5) is 28.4. The molecule has 0 spiro atoms. The average Bonchev–Trinajstić information content (AvgIpc) is 2.90. The summed E-state index contributed by atoms with van der Waals surface area (Å²) >= 11 is 12.8. The molecule has 1 N–H and O–H groups in total. The van der Waals surface area contributed by atoms with Crippen molar-refractivity contribution in [3.05, 3.63) is 93.5 Å². The molecule has 3 rings (SSSR count). The standard InChI is InChI=1S/C30H35Cl2N3O4S/c1-20(2)17-33-30(37)23(5)34(18-26-27(31)7-6-8-28(26)32)29(36)19-35(24-13-9-21(3)10-14-24)40(38,39)25-15-11-22(4)12-16-25/h6-16,20,23H,17-19H2,1-5H3,(H,33,37)/t23-/m0/s1. The van der Waals surface area contributed by atoms with Crippen molar-refractivity contribution < 1.29 is 18.0 Å². The van der Waals surface area contributed by atoms with Gasteiger partial charge in [-0.05, 0) is 63.1 Å². The number of nitrogens with zero attached hydrogens (tertiary/aromatic N) is 2. The van der Waals surface area contributed by atoms with Crippen LogP contribution in [0, 0.1) is 19.8 Å². The highest BCUT2D eigenvalue weighted by atomic mass is 35.5. The molecule has 3 aromatic carbocycles. The zero-order chi connectivity index (χ0) is 29.6. The predicted octanol–water partition coefficient (Wildman–Crippen LogP) is 6.00. The van der Waals surface area contributed by atoms with Crippen LogP contribution in [0.4, 0.5) is 5.69 Å². The Morgan fingerprint density at radius 2 is 1.38 bits per heavy atom. The Balaban J connectivity index is 2.04. The molecule has 0 saturated carbocycles. The van der Waals surface area contributed by atoms with Gasteiger partial charge in [-0.25, -0.2) is 8.42 Å². The number of sulfonamides is 1. The molecule has 40 heavy (non-hydrogen) atoms. The first-order valence-corrected chi connectivity index (χ1v) is 15.2. The number of hydrogen-bond acceptors (Lipinski definition) is 4. The van der Waals surface area contributed by atoms with Crippen LogP contribution in [0.25, 0.3) is 0 Å². The lowest BCUT2D eigenvalue weighted by Gasteiger charge is -2.32. The maximum atomic E-state index is 14.0. The van der Waals surface area contributed by atoms with E-state index in [1.165, 1.54) is 17.0 Å². The zero-order valence-corrected chi connectivity index (χ0v) is 25.6. The van der Waals surface area contributed by atoms with Gasteiger partial charge in [0.15, 0.2) is 0 Å². The Morgan fingerprint density at radius 1 is 0.850 bits per heavy atom. The van der Waals surface area contributed by atoms with Gasteiger partial charge in [-0.15, -0.1) is 0 Å². The molecule has 0 aromatic heterocycles. The summed E-state index contributed by atoms with van der Waals surface area (Å²) in [7, 11) is -4.14. The second-order valence-corrected chi connectivity index (χ2v) is 12.9. The fourth-order valence-corrected chi connectivity index (χ4v) is 5.90. The number of carbonyl (C=O) groups excluding carboxylic acids is 2. The van der Waals surface area contributed by atoms with Crippen LogP contribution in [0.15, 0.2) is 71.6 Å². The molecule has 0 fully saturated rings. The minimum Gasteiger partial charge on any atom is -0.354 e. The largest absolute Gasteiger partial charge is 0.354 e. The summed E-state index contributed by atoms with van der Waals surface area (Å²) in [6, 6.07) is 17.4. The molecule has 0 aliphatic rings. The van der Waals surface area contributed by atoms with Gasteiger partial charge in [-0.1, -0.05) is 78.5 Å². The fourth-order valence-electron chi connectivity index (χ4n) is 3.97. The Bertz CT molecular complexity index is 1420. The third-order valence-electron chi connectivity index (χ3n) is 6.45. The van der Waals surface area contributed by atoms with Gasteiger partial charge in [0.2, 0.25) is 11.8 Å². The number of aryl methyl sites for hydroxylation is 2. The summed E-state index contributed by atoms with van der Waals surface area (Å²) in [6.07, 6.45) is 0. The Morgan fingerprint density at radius 3 is 1.90 bits per heavy atom. The minimum absolute atomic E-state index is 0.0508. The van der Waals surface area contributed by atoms with Crippen LogP contribution in [0.1, 0.15) is 37.5 Å². The molecule has 7 nitrogen and oxygen atoms in total. The summed E-state index contributed by atoms with van der Waals surface area (Å²) < 4.78 is 28.8. The van der Waals surface area contributed by atoms with Crippen molar-refractivity contribution in [2.24, 2.45) is 5.92 Å². The lowest BCUT2D eigenvalue weighted by Crippen LogP contribution is -2.51. The van der Waals surface area contributed by atoms with Crippen LogP contribution in [0.5, 0.6) is 0 Å². The molecule has 0 aliphatic carbocycles. The number of benzene rings is 3. The van der Waals surface area contributed by atoms with Crippen molar-refractivity contribution in [2.75, 3.05) is 17.4 Å². The molecule has 0 unspecified atom stereocenters. The SMILES string of the molecule is Cc1ccc(N(CC(=O)N(Cc2c(Cl)cccc2Cl)[C@@H](C)C(=O)NCC(C)C)S(=O)(=O)c2ccc(C)cc2)cc1. The van der Waals surface area contributed by atoms with Gasteiger partial charge in [0, 0.05) is 28.7 Å². The summed E-state index contributed by atoms with van der Waals surface area (Å²) in [5.74, 6) is -0.747. The molecule has 10 heteroatoms. The van der Waals surface area contributed by atoms with Crippen molar-refractivity contribution in [3.63, 3.8) is 0 Å². The summed E-state index contributed by atoms with van der Waals surface area (Å²) in [5, 5.41) is 3.53. The first-order valence-electron chi connectivity index (χ1n) is 13.0. The molecule has 0 bridgehead atoms. The number of hydrogen-bond donors (Lipinski definition) is 1. The van der Waals surface area contributed by atoms with Crippen LogP contribution in [-0.2, 0) is 26.2 Å². The van der Waals surface area contributed by atoms with Crippen LogP contribution >= 0.6 is 23.2 Å². The minimum atomic E-state index is -4.14. The predicted molar refractivity (Wildman–Crippen MR) is 161 cm³/mol. The number of halogens is 2. The van der Waals surface area contributed by atoms with E-state index in [0.717, 1.165) is 15.4 Å². The third kappa shape index (κ3) is 7.77. The van der Waals surface area contributed by atoms with E-state index < -0.39 is 28.5 Å². The lowest BCUT2D eigenvalue weighted by molar-refractivity contribution is -0.139. The molecule has 3 aromatic rings. The van der Waals surface area contributed by atoms with Gasteiger partial charge in [0.25, 0.3) is 10.0 Å². The quantitative estimate of drug-likeness (QED) is 0.291. The smallest absolute Gasteiger partial charge is 0.264 e. The monoisotopic (exact) mass is 603 g/mol. The van der Waals surface area contributed by atoms with Gasteiger partial charge < -0.3 is 10.2 Å². The van der Waals surface area contributed by atoms with Crippen LogP contribution in [0.3, 0.4) is 0 Å². The topological polar surface area (TPSA) is 86.8 Å². The van der Waals surface area contributed by atoms with E-state index in [0.29, 0.717) is 27.8 Å². The Labute approximate surface area is 247 Å². The highest BCUT2D eigenvalue weighted by Crippen LogP contribution is 2.28. The number of nitrogens with one attached hydrogen (secondary N) is 1. The first-order chi connectivity index (χ1) is 18.8. The molecule has 2 amide bonds. The van der Waals surface area contributed by atoms with Gasteiger partial charge in [-0.2, -0.15) is 0 Å². The molecule has 1 atom stereocenters.